The van der Waals surface area contributed by atoms with Gasteiger partial charge in [0.2, 0.25) is 5.78 Å². The van der Waals surface area contributed by atoms with Gasteiger partial charge in [0.25, 0.3) is 5.78 Å². The SMILES string of the molecule is Bc1cc2c(s1)C(=O)C(F)(F)C2=O. The smallest absolute Gasteiger partial charge is 0.287 e. The Labute approximate surface area is 77.0 Å². The van der Waals surface area contributed by atoms with Crippen molar-refractivity contribution in [2.75, 3.05) is 0 Å². The average molecular weight is 200 g/mol. The molecule has 0 saturated heterocycles. The number of fused-ring (bicyclic) bond motifs is 1. The molecule has 1 aromatic rings. The van der Waals surface area contributed by atoms with Gasteiger partial charge in [0, 0.05) is 5.56 Å². The molecular formula is C7H3BF2O2S. The summed E-state index contributed by atoms with van der Waals surface area (Å²) in [5, 5.41) is 0. The summed E-state index contributed by atoms with van der Waals surface area (Å²) in [5.74, 6) is -6.54. The van der Waals surface area contributed by atoms with Gasteiger partial charge >= 0.3 is 5.92 Å². The predicted octanol–water partition coefficient (Wildman–Crippen LogP) is 0.0208. The quantitative estimate of drug-likeness (QED) is 0.437. The van der Waals surface area contributed by atoms with E-state index in [0.717, 1.165) is 11.3 Å². The van der Waals surface area contributed by atoms with Crippen LogP contribution in [0.5, 0.6) is 0 Å². The van der Waals surface area contributed by atoms with Gasteiger partial charge in [0.05, 0.1) is 4.88 Å². The number of hydrogen-bond donors (Lipinski definition) is 0. The molecule has 0 radical (unpaired) electrons. The minimum absolute atomic E-state index is 0.104. The molecule has 0 saturated carbocycles. The lowest BCUT2D eigenvalue weighted by atomic mass is 10.1. The van der Waals surface area contributed by atoms with Gasteiger partial charge in [-0.15, -0.1) is 11.3 Å². The van der Waals surface area contributed by atoms with Gasteiger partial charge in [-0.2, -0.15) is 8.78 Å². The third-order valence-electron chi connectivity index (χ3n) is 1.88. The molecule has 2 nitrogen and oxygen atoms in total. The maximum Gasteiger partial charge on any atom is 0.372 e. The number of rotatable bonds is 0. The molecule has 0 N–H and O–H groups in total. The minimum Gasteiger partial charge on any atom is -0.287 e. The Balaban J connectivity index is 2.68. The second-order valence-electron chi connectivity index (χ2n) is 2.83. The molecule has 1 heterocycles. The van der Waals surface area contributed by atoms with Gasteiger partial charge in [0.1, 0.15) is 0 Å². The zero-order valence-electron chi connectivity index (χ0n) is 6.56. The third-order valence-corrected chi connectivity index (χ3v) is 2.93. The number of ketones is 2. The fourth-order valence-electron chi connectivity index (χ4n) is 1.27. The first-order chi connectivity index (χ1) is 5.94. The Hall–Kier alpha value is -1.04. The van der Waals surface area contributed by atoms with Crippen molar-refractivity contribution in [3.05, 3.63) is 16.5 Å². The first-order valence-electron chi connectivity index (χ1n) is 3.52. The van der Waals surface area contributed by atoms with E-state index in [2.05, 4.69) is 0 Å². The van der Waals surface area contributed by atoms with Crippen molar-refractivity contribution in [2.45, 2.75) is 5.92 Å². The Morgan fingerprint density at radius 2 is 1.92 bits per heavy atom. The fourth-order valence-corrected chi connectivity index (χ4v) is 2.25. The van der Waals surface area contributed by atoms with Crippen LogP contribution in [-0.4, -0.2) is 25.3 Å². The lowest BCUT2D eigenvalue weighted by Gasteiger charge is -2.02. The number of halogens is 2. The van der Waals surface area contributed by atoms with Crippen LogP contribution in [0.4, 0.5) is 8.78 Å². The minimum atomic E-state index is -3.82. The zero-order valence-corrected chi connectivity index (χ0v) is 7.37. The summed E-state index contributed by atoms with van der Waals surface area (Å²) in [6.07, 6.45) is 0. The van der Waals surface area contributed by atoms with E-state index >= 15 is 0 Å². The Morgan fingerprint density at radius 3 is 2.46 bits per heavy atom. The molecule has 0 amide bonds. The summed E-state index contributed by atoms with van der Waals surface area (Å²) in [6.45, 7) is 0. The molecule has 0 spiro atoms. The van der Waals surface area contributed by atoms with Crippen molar-refractivity contribution in [1.82, 2.24) is 0 Å². The summed E-state index contributed by atoms with van der Waals surface area (Å²) in [6, 6.07) is 1.33. The van der Waals surface area contributed by atoms with Crippen LogP contribution in [0.2, 0.25) is 0 Å². The largest absolute Gasteiger partial charge is 0.372 e. The molecule has 0 aromatic carbocycles. The zero-order chi connectivity index (χ0) is 9.80. The normalized spacial score (nSPS) is 19.2. The number of hydrogen-bond acceptors (Lipinski definition) is 3. The first-order valence-corrected chi connectivity index (χ1v) is 4.34. The molecule has 6 heteroatoms. The Kier molecular flexibility index (Phi) is 1.49. The lowest BCUT2D eigenvalue weighted by Crippen LogP contribution is -2.30. The molecule has 0 fully saturated rings. The molecule has 13 heavy (non-hydrogen) atoms. The van der Waals surface area contributed by atoms with Crippen molar-refractivity contribution in [3.63, 3.8) is 0 Å². The van der Waals surface area contributed by atoms with Crippen LogP contribution in [0.3, 0.4) is 0 Å². The number of carbonyl (C=O) groups is 2. The average Bonchev–Trinajstić information content (AvgIpc) is 2.48. The highest BCUT2D eigenvalue weighted by Gasteiger charge is 2.56. The maximum atomic E-state index is 12.8. The van der Waals surface area contributed by atoms with E-state index in [9.17, 15) is 18.4 Å². The van der Waals surface area contributed by atoms with Crippen molar-refractivity contribution < 1.29 is 18.4 Å². The van der Waals surface area contributed by atoms with E-state index in [1.165, 1.54) is 6.07 Å². The molecule has 0 aliphatic heterocycles. The first kappa shape index (κ1) is 8.56. The van der Waals surface area contributed by atoms with Crippen molar-refractivity contribution in [2.24, 2.45) is 0 Å². The van der Waals surface area contributed by atoms with Crippen molar-refractivity contribution in [1.29, 1.82) is 0 Å². The molecule has 0 unspecified atom stereocenters. The number of thiophene rings is 1. The van der Waals surface area contributed by atoms with E-state index in [0.29, 0.717) is 4.78 Å². The van der Waals surface area contributed by atoms with Gasteiger partial charge in [-0.05, 0) is 10.8 Å². The van der Waals surface area contributed by atoms with Crippen LogP contribution < -0.4 is 4.78 Å². The second-order valence-corrected chi connectivity index (χ2v) is 4.09. The molecule has 1 aliphatic carbocycles. The van der Waals surface area contributed by atoms with Gasteiger partial charge in [-0.3, -0.25) is 9.59 Å². The van der Waals surface area contributed by atoms with Gasteiger partial charge < -0.3 is 0 Å². The highest BCUT2D eigenvalue weighted by Crippen LogP contribution is 2.36. The topological polar surface area (TPSA) is 34.1 Å². The van der Waals surface area contributed by atoms with Crippen LogP contribution in [0.25, 0.3) is 0 Å². The third kappa shape index (κ3) is 0.919. The number of alkyl halides is 2. The second kappa shape index (κ2) is 2.26. The van der Waals surface area contributed by atoms with Crippen LogP contribution in [0.1, 0.15) is 20.0 Å². The van der Waals surface area contributed by atoms with E-state index in [1.54, 1.807) is 7.85 Å². The molecule has 66 valence electrons. The van der Waals surface area contributed by atoms with E-state index < -0.39 is 17.5 Å². The Morgan fingerprint density at radius 1 is 1.31 bits per heavy atom. The van der Waals surface area contributed by atoms with E-state index in [4.69, 9.17) is 0 Å². The van der Waals surface area contributed by atoms with Crippen LogP contribution in [-0.2, 0) is 0 Å². The number of carbonyl (C=O) groups excluding carboxylic acids is 2. The molecule has 1 aliphatic rings. The van der Waals surface area contributed by atoms with Crippen molar-refractivity contribution in [3.8, 4) is 0 Å². The monoisotopic (exact) mass is 200 g/mol. The standard InChI is InChI=1S/C7H3BF2O2S/c8-3-1-2-4(13-3)6(12)7(9,10)5(2)11/h1H,8H2. The predicted molar refractivity (Wildman–Crippen MR) is 46.1 cm³/mol. The maximum absolute atomic E-state index is 12.8. The summed E-state index contributed by atoms with van der Waals surface area (Å²) < 4.78 is 26.3. The summed E-state index contributed by atoms with van der Waals surface area (Å²) in [7, 11) is 1.67. The van der Waals surface area contributed by atoms with Crippen LogP contribution >= 0.6 is 11.3 Å². The van der Waals surface area contributed by atoms with E-state index in [-0.39, 0.29) is 10.4 Å². The van der Waals surface area contributed by atoms with Crippen molar-refractivity contribution >= 4 is 35.5 Å². The molecule has 0 atom stereocenters. The lowest BCUT2D eigenvalue weighted by molar-refractivity contribution is 0.0190. The number of Topliss-reactive ketones (excluding diaryl/α,β-unsaturated/α-hetero) is 2. The van der Waals surface area contributed by atoms with Gasteiger partial charge in [0.15, 0.2) is 7.85 Å². The molecule has 2 rings (SSSR count). The molecule has 0 bridgehead atoms. The molecular weight excluding hydrogens is 197 g/mol. The van der Waals surface area contributed by atoms with Crippen LogP contribution in [0, 0.1) is 0 Å². The van der Waals surface area contributed by atoms with Gasteiger partial charge in [-0.1, -0.05) is 0 Å². The van der Waals surface area contributed by atoms with Gasteiger partial charge in [-0.25, -0.2) is 0 Å². The Bertz CT molecular complexity index is 389. The summed E-state index contributed by atoms with van der Waals surface area (Å²) in [4.78, 5) is 21.9. The molecule has 1 aromatic heterocycles. The van der Waals surface area contributed by atoms with Crippen LogP contribution in [0.15, 0.2) is 6.07 Å². The summed E-state index contributed by atoms with van der Waals surface area (Å²) in [5.41, 5.74) is -0.127. The summed E-state index contributed by atoms with van der Waals surface area (Å²) >= 11 is 0.941. The highest BCUT2D eigenvalue weighted by atomic mass is 32.1. The highest BCUT2D eigenvalue weighted by molar-refractivity contribution is 7.22. The van der Waals surface area contributed by atoms with E-state index in [1.807, 2.05) is 0 Å². The fraction of sp³-hybridized carbons (Fsp3) is 0.143.